The quantitative estimate of drug-likeness (QED) is 0.703. The Bertz CT molecular complexity index is 414. The lowest BCUT2D eigenvalue weighted by Gasteiger charge is -2.46. The highest BCUT2D eigenvalue weighted by Crippen LogP contribution is 2.40. The molecule has 2 rings (SSSR count). The molecular weight excluding hydrogens is 280 g/mol. The topological polar surface area (TPSA) is 49.9 Å². The Morgan fingerprint density at radius 3 is 2.68 bits per heavy atom. The Balaban J connectivity index is 1.91. The average Bonchev–Trinajstić information content (AvgIpc) is 2.55. The summed E-state index contributed by atoms with van der Waals surface area (Å²) in [6.45, 7) is 7.18. The van der Waals surface area contributed by atoms with E-state index >= 15 is 0 Å². The predicted molar refractivity (Wildman–Crippen MR) is 85.4 cm³/mol. The molecule has 5 nitrogen and oxygen atoms in total. The minimum atomic E-state index is -0.235. The van der Waals surface area contributed by atoms with Crippen molar-refractivity contribution in [3.05, 3.63) is 12.7 Å². The van der Waals surface area contributed by atoms with Gasteiger partial charge in [0.2, 0.25) is 11.8 Å². The summed E-state index contributed by atoms with van der Waals surface area (Å²) < 4.78 is 5.10. The first-order chi connectivity index (χ1) is 10.6. The van der Waals surface area contributed by atoms with E-state index in [2.05, 4.69) is 6.58 Å². The molecule has 0 aliphatic carbocycles. The monoisotopic (exact) mass is 308 g/mol. The number of hydrogen-bond donors (Lipinski definition) is 0. The summed E-state index contributed by atoms with van der Waals surface area (Å²) in [4.78, 5) is 28.8. The van der Waals surface area contributed by atoms with Crippen LogP contribution in [-0.4, -0.2) is 61.5 Å². The minimum Gasteiger partial charge on any atom is -0.383 e. The zero-order chi connectivity index (χ0) is 16.0. The molecular formula is C17H28N2O3. The number of piperidine rings is 2. The zero-order valence-electron chi connectivity index (χ0n) is 13.7. The Kier molecular flexibility index (Phi) is 6.00. The summed E-state index contributed by atoms with van der Waals surface area (Å²) in [6.07, 6.45) is 6.66. The van der Waals surface area contributed by atoms with Crippen LogP contribution in [0.3, 0.4) is 0 Å². The van der Waals surface area contributed by atoms with Crippen molar-refractivity contribution in [3.63, 3.8) is 0 Å². The van der Waals surface area contributed by atoms with Gasteiger partial charge in [-0.25, -0.2) is 0 Å². The molecule has 0 aromatic rings. The maximum Gasteiger partial charge on any atom is 0.229 e. The highest BCUT2D eigenvalue weighted by Gasteiger charge is 2.45. The Morgan fingerprint density at radius 1 is 1.32 bits per heavy atom. The van der Waals surface area contributed by atoms with Crippen LogP contribution in [0.2, 0.25) is 0 Å². The van der Waals surface area contributed by atoms with Gasteiger partial charge in [0, 0.05) is 39.7 Å². The molecule has 0 aromatic heterocycles. The molecule has 2 fully saturated rings. The number of carbonyl (C=O) groups is 2. The Hall–Kier alpha value is -1.36. The van der Waals surface area contributed by atoms with E-state index in [4.69, 9.17) is 4.74 Å². The van der Waals surface area contributed by atoms with Crippen LogP contribution in [0.25, 0.3) is 0 Å². The largest absolute Gasteiger partial charge is 0.383 e. The molecule has 0 bridgehead atoms. The molecule has 1 spiro atoms. The van der Waals surface area contributed by atoms with Crippen molar-refractivity contribution in [2.75, 3.05) is 39.9 Å². The fourth-order valence-electron chi connectivity index (χ4n) is 3.60. The molecule has 2 aliphatic rings. The number of allylic oxidation sites excluding steroid dienone is 1. The van der Waals surface area contributed by atoms with Crippen molar-refractivity contribution < 1.29 is 14.3 Å². The maximum absolute atomic E-state index is 12.8. The number of ether oxygens (including phenoxy) is 1. The molecule has 2 aliphatic heterocycles. The van der Waals surface area contributed by atoms with Gasteiger partial charge in [-0.15, -0.1) is 6.58 Å². The molecule has 2 saturated heterocycles. The minimum absolute atomic E-state index is 0.189. The zero-order valence-corrected chi connectivity index (χ0v) is 13.7. The van der Waals surface area contributed by atoms with E-state index < -0.39 is 0 Å². The number of carbonyl (C=O) groups excluding carboxylic acids is 2. The van der Waals surface area contributed by atoms with Crippen LogP contribution in [0.5, 0.6) is 0 Å². The fraction of sp³-hybridized carbons (Fsp3) is 0.765. The van der Waals surface area contributed by atoms with E-state index in [0.29, 0.717) is 32.7 Å². The normalized spacial score (nSPS) is 21.2. The third-order valence-electron chi connectivity index (χ3n) is 5.03. The van der Waals surface area contributed by atoms with Crippen LogP contribution < -0.4 is 0 Å². The lowest BCUT2D eigenvalue weighted by atomic mass is 9.71. The molecule has 0 radical (unpaired) electrons. The van der Waals surface area contributed by atoms with Gasteiger partial charge in [-0.1, -0.05) is 6.08 Å². The number of amides is 2. The lowest BCUT2D eigenvalue weighted by Crippen LogP contribution is -2.54. The van der Waals surface area contributed by atoms with Gasteiger partial charge < -0.3 is 14.5 Å². The summed E-state index contributed by atoms with van der Waals surface area (Å²) in [7, 11) is 1.66. The second kappa shape index (κ2) is 7.77. The number of methoxy groups -OCH3 is 1. The molecule has 0 saturated carbocycles. The molecule has 0 aromatic carbocycles. The number of hydrogen-bond acceptors (Lipinski definition) is 3. The average molecular weight is 308 g/mol. The van der Waals surface area contributed by atoms with Gasteiger partial charge in [-0.2, -0.15) is 0 Å². The number of likely N-dealkylation sites (tertiary alicyclic amines) is 2. The van der Waals surface area contributed by atoms with E-state index in [-0.39, 0.29) is 17.2 Å². The Morgan fingerprint density at radius 2 is 2.05 bits per heavy atom. The van der Waals surface area contributed by atoms with Crippen molar-refractivity contribution in [2.45, 2.75) is 38.5 Å². The van der Waals surface area contributed by atoms with Crippen molar-refractivity contribution in [1.82, 2.24) is 9.80 Å². The molecule has 0 atom stereocenters. The standard InChI is InChI=1S/C17H28N2O3/c1-3-4-6-15(20)18-11-8-17(9-12-18)7-5-10-19(16(17)21)13-14-22-2/h3H,1,4-14H2,2H3. The van der Waals surface area contributed by atoms with Gasteiger partial charge in [0.05, 0.1) is 12.0 Å². The maximum atomic E-state index is 12.8. The number of nitrogens with zero attached hydrogens (tertiary/aromatic N) is 2. The molecule has 0 N–H and O–H groups in total. The highest BCUT2D eigenvalue weighted by atomic mass is 16.5. The van der Waals surface area contributed by atoms with Crippen LogP contribution in [0.1, 0.15) is 38.5 Å². The molecule has 22 heavy (non-hydrogen) atoms. The van der Waals surface area contributed by atoms with Crippen LogP contribution in [0, 0.1) is 5.41 Å². The molecule has 5 heteroatoms. The summed E-state index contributed by atoms with van der Waals surface area (Å²) in [5.41, 5.74) is -0.235. The fourth-order valence-corrected chi connectivity index (χ4v) is 3.60. The summed E-state index contributed by atoms with van der Waals surface area (Å²) in [5.74, 6) is 0.461. The van der Waals surface area contributed by atoms with E-state index in [1.54, 1.807) is 13.2 Å². The smallest absolute Gasteiger partial charge is 0.229 e. The third kappa shape index (κ3) is 3.69. The first-order valence-electron chi connectivity index (χ1n) is 8.30. The third-order valence-corrected chi connectivity index (χ3v) is 5.03. The second-order valence-corrected chi connectivity index (χ2v) is 6.38. The first kappa shape index (κ1) is 17.0. The van der Waals surface area contributed by atoms with E-state index in [1.165, 1.54) is 0 Å². The van der Waals surface area contributed by atoms with Crippen molar-refractivity contribution in [1.29, 1.82) is 0 Å². The van der Waals surface area contributed by atoms with Gasteiger partial charge in [0.25, 0.3) is 0 Å². The first-order valence-corrected chi connectivity index (χ1v) is 8.30. The highest BCUT2D eigenvalue weighted by molar-refractivity contribution is 5.84. The van der Waals surface area contributed by atoms with Gasteiger partial charge in [-0.05, 0) is 32.1 Å². The SMILES string of the molecule is C=CCCC(=O)N1CCC2(CCCN(CCOC)C2=O)CC1. The van der Waals surface area contributed by atoms with Gasteiger partial charge in [0.1, 0.15) is 0 Å². The van der Waals surface area contributed by atoms with Gasteiger partial charge in [-0.3, -0.25) is 9.59 Å². The van der Waals surface area contributed by atoms with Crippen molar-refractivity contribution in [2.24, 2.45) is 5.41 Å². The number of rotatable bonds is 6. The summed E-state index contributed by atoms with van der Waals surface area (Å²) >= 11 is 0. The molecule has 0 unspecified atom stereocenters. The van der Waals surface area contributed by atoms with Crippen molar-refractivity contribution in [3.8, 4) is 0 Å². The van der Waals surface area contributed by atoms with Crippen molar-refractivity contribution >= 4 is 11.8 Å². The summed E-state index contributed by atoms with van der Waals surface area (Å²) in [6, 6.07) is 0. The van der Waals surface area contributed by atoms with E-state index in [1.807, 2.05) is 9.80 Å². The Labute approximate surface area is 133 Å². The lowest BCUT2D eigenvalue weighted by molar-refractivity contribution is -0.153. The van der Waals surface area contributed by atoms with E-state index in [0.717, 1.165) is 38.6 Å². The summed E-state index contributed by atoms with van der Waals surface area (Å²) in [5, 5.41) is 0. The molecule has 2 amide bonds. The van der Waals surface area contributed by atoms with Crippen LogP contribution in [-0.2, 0) is 14.3 Å². The predicted octanol–water partition coefficient (Wildman–Crippen LogP) is 1.83. The van der Waals surface area contributed by atoms with E-state index in [9.17, 15) is 9.59 Å². The molecule has 2 heterocycles. The molecule has 124 valence electrons. The van der Waals surface area contributed by atoms with Crippen LogP contribution in [0.15, 0.2) is 12.7 Å². The van der Waals surface area contributed by atoms with Gasteiger partial charge in [0.15, 0.2) is 0 Å². The second-order valence-electron chi connectivity index (χ2n) is 6.38. The van der Waals surface area contributed by atoms with Crippen LogP contribution in [0.4, 0.5) is 0 Å². The van der Waals surface area contributed by atoms with Crippen LogP contribution >= 0.6 is 0 Å². The van der Waals surface area contributed by atoms with Gasteiger partial charge >= 0.3 is 0 Å².